The van der Waals surface area contributed by atoms with Crippen LogP contribution in [-0.4, -0.2) is 41.5 Å². The number of amidine groups is 1. The largest absolute Gasteiger partial charge is 0.369 e. The van der Waals surface area contributed by atoms with E-state index in [4.69, 9.17) is 4.74 Å². The zero-order valence-corrected chi connectivity index (χ0v) is 12.8. The van der Waals surface area contributed by atoms with Crippen molar-refractivity contribution in [3.05, 3.63) is 35.9 Å². The molecule has 22 heavy (non-hydrogen) atoms. The van der Waals surface area contributed by atoms with Gasteiger partial charge >= 0.3 is 0 Å². The van der Waals surface area contributed by atoms with Gasteiger partial charge in [0, 0.05) is 24.2 Å². The fraction of sp³-hybridized carbons (Fsp3) is 0.467. The second-order valence-corrected chi connectivity index (χ2v) is 6.52. The molecule has 0 bridgehead atoms. The molecule has 1 fully saturated rings. The second-order valence-electron chi connectivity index (χ2n) is 5.51. The maximum atomic E-state index is 13.5. The van der Waals surface area contributed by atoms with Gasteiger partial charge in [0.1, 0.15) is 6.10 Å². The number of aliphatic imine (C=N–C) groups is 1. The molecule has 0 saturated carbocycles. The average Bonchev–Trinajstić information content (AvgIpc) is 2.91. The number of nitrogens with one attached hydrogen (secondary N) is 1. The van der Waals surface area contributed by atoms with E-state index in [1.807, 2.05) is 6.07 Å². The van der Waals surface area contributed by atoms with E-state index in [1.54, 1.807) is 24.3 Å². The van der Waals surface area contributed by atoms with Gasteiger partial charge < -0.3 is 10.1 Å². The van der Waals surface area contributed by atoms with Crippen LogP contribution in [0.2, 0.25) is 0 Å². The molecule has 0 radical (unpaired) electrons. The quantitative estimate of drug-likeness (QED) is 0.909. The number of benzene rings is 1. The highest BCUT2D eigenvalue weighted by molar-refractivity contribution is 8.13. The summed E-state index contributed by atoms with van der Waals surface area (Å²) < 4.78 is 32.2. The number of alkyl halides is 2. The molecule has 3 unspecified atom stereocenters. The second kappa shape index (κ2) is 5.96. The van der Waals surface area contributed by atoms with Crippen LogP contribution in [0.25, 0.3) is 0 Å². The van der Waals surface area contributed by atoms with E-state index in [2.05, 4.69) is 10.3 Å². The van der Waals surface area contributed by atoms with E-state index < -0.39 is 12.0 Å². The van der Waals surface area contributed by atoms with Crippen molar-refractivity contribution < 1.29 is 18.3 Å². The maximum absolute atomic E-state index is 13.5. The Morgan fingerprint density at radius 2 is 2.14 bits per heavy atom. The van der Waals surface area contributed by atoms with Crippen LogP contribution in [0, 0.1) is 5.92 Å². The van der Waals surface area contributed by atoms with Gasteiger partial charge in [-0.3, -0.25) is 9.79 Å². The van der Waals surface area contributed by atoms with Crippen molar-refractivity contribution >= 4 is 22.8 Å². The van der Waals surface area contributed by atoms with Crippen molar-refractivity contribution in [2.24, 2.45) is 10.9 Å². The van der Waals surface area contributed by atoms with Gasteiger partial charge in [0.2, 0.25) is 0 Å². The summed E-state index contributed by atoms with van der Waals surface area (Å²) in [5, 5.41) is 3.20. The summed E-state index contributed by atoms with van der Waals surface area (Å²) in [6, 6.07) is 8.48. The van der Waals surface area contributed by atoms with Gasteiger partial charge in [0.25, 0.3) is 11.8 Å². The molecule has 1 aromatic rings. The maximum Gasteiger partial charge on any atom is 0.271 e. The fourth-order valence-electron chi connectivity index (χ4n) is 2.70. The van der Waals surface area contributed by atoms with Crippen LogP contribution < -0.4 is 5.32 Å². The van der Waals surface area contributed by atoms with E-state index in [1.165, 1.54) is 11.8 Å². The van der Waals surface area contributed by atoms with E-state index in [0.717, 1.165) is 6.92 Å². The summed E-state index contributed by atoms with van der Waals surface area (Å²) >= 11 is 1.29. The Morgan fingerprint density at radius 3 is 2.82 bits per heavy atom. The topological polar surface area (TPSA) is 50.7 Å². The summed E-state index contributed by atoms with van der Waals surface area (Å²) in [6.07, 6.45) is -1.10. The number of hydrogen-bond acceptors (Lipinski definition) is 4. The molecule has 2 heterocycles. The molecule has 118 valence electrons. The zero-order chi connectivity index (χ0) is 15.7. The molecule has 2 aliphatic rings. The van der Waals surface area contributed by atoms with Gasteiger partial charge in [-0.05, 0) is 12.1 Å². The highest BCUT2D eigenvalue weighted by Crippen LogP contribution is 2.39. The third-order valence-electron chi connectivity index (χ3n) is 3.78. The number of fused-ring (bicyclic) bond motifs is 1. The Morgan fingerprint density at radius 1 is 1.41 bits per heavy atom. The molecular formula is C15H16F2N2O2S. The van der Waals surface area contributed by atoms with E-state index >= 15 is 0 Å². The Balaban J connectivity index is 1.68. The molecule has 1 saturated heterocycles. The minimum Gasteiger partial charge on any atom is -0.369 e. The van der Waals surface area contributed by atoms with Crippen molar-refractivity contribution in [3.8, 4) is 0 Å². The molecule has 3 rings (SSSR count). The van der Waals surface area contributed by atoms with Crippen molar-refractivity contribution in [2.75, 3.05) is 12.4 Å². The first-order chi connectivity index (χ1) is 10.4. The number of thioether (sulfide) groups is 1. The third kappa shape index (κ3) is 3.15. The summed E-state index contributed by atoms with van der Waals surface area (Å²) in [6.45, 7) is 1.05. The van der Waals surface area contributed by atoms with Crippen LogP contribution in [0.15, 0.2) is 35.3 Å². The van der Waals surface area contributed by atoms with Crippen LogP contribution in [0.1, 0.15) is 17.3 Å². The first-order valence-corrected chi connectivity index (χ1v) is 8.00. The third-order valence-corrected chi connectivity index (χ3v) is 4.81. The van der Waals surface area contributed by atoms with Gasteiger partial charge in [-0.15, -0.1) is 0 Å². The standard InChI is InChI=1S/C15H16F2N2O2S/c1-15(16,17)12-10-8-22-14(18-11(10)7-21-12)19-13(20)9-5-3-2-4-6-9/h2-6,10-12H,7-8H2,1H3,(H,18,19,20). The molecule has 3 atom stereocenters. The molecule has 7 heteroatoms. The summed E-state index contributed by atoms with van der Waals surface area (Å²) in [5.41, 5.74) is 0.536. The molecule has 1 aromatic carbocycles. The van der Waals surface area contributed by atoms with Gasteiger partial charge in [-0.2, -0.15) is 0 Å². The van der Waals surface area contributed by atoms with Crippen molar-refractivity contribution in [1.29, 1.82) is 0 Å². The van der Waals surface area contributed by atoms with Crippen LogP contribution in [-0.2, 0) is 4.74 Å². The molecule has 1 amide bonds. The van der Waals surface area contributed by atoms with Crippen LogP contribution in [0.5, 0.6) is 0 Å². The lowest BCUT2D eigenvalue weighted by Crippen LogP contribution is -2.42. The normalized spacial score (nSPS) is 28.0. The Bertz CT molecular complexity index is 589. The lowest BCUT2D eigenvalue weighted by molar-refractivity contribution is -0.113. The van der Waals surface area contributed by atoms with Crippen molar-refractivity contribution in [2.45, 2.75) is 25.0 Å². The summed E-state index contributed by atoms with van der Waals surface area (Å²) in [7, 11) is 0. The fourth-order valence-corrected chi connectivity index (χ4v) is 3.82. The highest BCUT2D eigenvalue weighted by Gasteiger charge is 2.50. The molecule has 2 aliphatic heterocycles. The van der Waals surface area contributed by atoms with Gasteiger partial charge in [-0.1, -0.05) is 30.0 Å². The van der Waals surface area contributed by atoms with Gasteiger partial charge in [0.15, 0.2) is 5.17 Å². The predicted octanol–water partition coefficient (Wildman–Crippen LogP) is 2.56. The number of rotatable bonds is 2. The number of amides is 1. The smallest absolute Gasteiger partial charge is 0.271 e. The molecule has 4 nitrogen and oxygen atoms in total. The number of halogens is 2. The Labute approximate surface area is 131 Å². The van der Waals surface area contributed by atoms with Crippen molar-refractivity contribution in [1.82, 2.24) is 5.32 Å². The van der Waals surface area contributed by atoms with Gasteiger partial charge in [-0.25, -0.2) is 8.78 Å². The van der Waals surface area contributed by atoms with Crippen molar-refractivity contribution in [3.63, 3.8) is 0 Å². The number of ether oxygens (including phenoxy) is 1. The van der Waals surface area contributed by atoms with Crippen LogP contribution in [0.3, 0.4) is 0 Å². The molecule has 0 aliphatic carbocycles. The Kier molecular flexibility index (Phi) is 4.18. The minimum absolute atomic E-state index is 0.171. The lowest BCUT2D eigenvalue weighted by Gasteiger charge is -2.28. The average molecular weight is 326 g/mol. The van der Waals surface area contributed by atoms with E-state index in [0.29, 0.717) is 16.5 Å². The molecule has 0 spiro atoms. The predicted molar refractivity (Wildman–Crippen MR) is 81.4 cm³/mol. The van der Waals surface area contributed by atoms with Crippen LogP contribution >= 0.6 is 11.8 Å². The number of nitrogens with zero attached hydrogens (tertiary/aromatic N) is 1. The lowest BCUT2D eigenvalue weighted by atomic mass is 9.95. The highest BCUT2D eigenvalue weighted by atomic mass is 32.2. The summed E-state index contributed by atoms with van der Waals surface area (Å²) in [5.74, 6) is -2.98. The molecular weight excluding hydrogens is 310 g/mol. The first-order valence-electron chi connectivity index (χ1n) is 7.01. The Hall–Kier alpha value is -1.47. The van der Waals surface area contributed by atoms with E-state index in [-0.39, 0.29) is 24.5 Å². The number of carbonyl (C=O) groups is 1. The number of carbonyl (C=O) groups excluding carboxylic acids is 1. The van der Waals surface area contributed by atoms with Gasteiger partial charge in [0.05, 0.1) is 12.6 Å². The monoisotopic (exact) mass is 326 g/mol. The van der Waals surface area contributed by atoms with E-state index in [9.17, 15) is 13.6 Å². The molecule has 0 aromatic heterocycles. The van der Waals surface area contributed by atoms with Crippen LogP contribution in [0.4, 0.5) is 8.78 Å². The number of hydrogen-bond donors (Lipinski definition) is 1. The SMILES string of the molecule is CC(F)(F)C1OCC2N=C(NC(=O)c3ccccc3)SCC21. The summed E-state index contributed by atoms with van der Waals surface area (Å²) in [4.78, 5) is 16.4. The zero-order valence-electron chi connectivity index (χ0n) is 12.0. The minimum atomic E-state index is -2.87. The first kappa shape index (κ1) is 15.4. The molecule has 1 N–H and O–H groups in total.